The summed E-state index contributed by atoms with van der Waals surface area (Å²) in [5, 5.41) is 0. The molecule has 0 spiro atoms. The molecule has 310 valence electrons. The Morgan fingerprint density at radius 1 is 0.299 bits per heavy atom. The van der Waals surface area contributed by atoms with E-state index < -0.39 is 5.41 Å². The van der Waals surface area contributed by atoms with Crippen LogP contribution in [0.15, 0.2) is 247 Å². The van der Waals surface area contributed by atoms with E-state index in [1.807, 2.05) is 6.07 Å². The Balaban J connectivity index is 1.13. The first-order valence-electron chi connectivity index (χ1n) is 23.0. The second kappa shape index (κ2) is 15.7. The first-order valence-corrected chi connectivity index (χ1v) is 23.8. The molecule has 0 N–H and O–H groups in total. The topological polar surface area (TPSA) is 0 Å². The fourth-order valence-corrected chi connectivity index (χ4v) is 12.0. The second-order valence-electron chi connectivity index (χ2n) is 17.8. The SMILES string of the molecule is [B]c1ccc2c(c1)C(c1cccc(C(=C3c4ccccc4-c4ccccc43)c3ccccc3)c1)(c1cccc(C(=C3c4ccccc4-c4ccccc43)c3ccccc3)c1)c1cc(Br)ccc1-2. The molecule has 3 aliphatic rings. The Morgan fingerprint density at radius 2 is 0.657 bits per heavy atom. The lowest BCUT2D eigenvalue weighted by molar-refractivity contribution is 0.767. The normalized spacial score (nSPS) is 13.3. The molecular weight excluding hydrogens is 871 g/mol. The van der Waals surface area contributed by atoms with Gasteiger partial charge in [0.25, 0.3) is 0 Å². The smallest absolute Gasteiger partial charge is 0.0963 e. The molecule has 2 radical (unpaired) electrons. The maximum Gasteiger partial charge on any atom is 0.113 e. The van der Waals surface area contributed by atoms with Crippen LogP contribution in [0.3, 0.4) is 0 Å². The van der Waals surface area contributed by atoms with E-state index in [1.165, 1.54) is 111 Å². The van der Waals surface area contributed by atoms with Crippen LogP contribution in [0.1, 0.15) is 66.8 Å². The minimum absolute atomic E-state index is 0.736. The van der Waals surface area contributed by atoms with Gasteiger partial charge in [-0.3, -0.25) is 0 Å². The first kappa shape index (κ1) is 39.6. The van der Waals surface area contributed by atoms with Crippen molar-refractivity contribution in [3.8, 4) is 33.4 Å². The zero-order chi connectivity index (χ0) is 44.6. The molecule has 0 fully saturated rings. The summed E-state index contributed by atoms with van der Waals surface area (Å²) in [6, 6.07) is 89.4. The van der Waals surface area contributed by atoms with Gasteiger partial charge in [-0.15, -0.1) is 0 Å². The Morgan fingerprint density at radius 3 is 1.09 bits per heavy atom. The molecule has 0 heterocycles. The van der Waals surface area contributed by atoms with Crippen molar-refractivity contribution >= 4 is 51.5 Å². The second-order valence-corrected chi connectivity index (χ2v) is 18.7. The monoisotopic (exact) mass is 910 g/mol. The highest BCUT2D eigenvalue weighted by Crippen LogP contribution is 2.58. The van der Waals surface area contributed by atoms with E-state index in [1.54, 1.807) is 0 Å². The van der Waals surface area contributed by atoms with Crippen molar-refractivity contribution in [2.75, 3.05) is 0 Å². The van der Waals surface area contributed by atoms with Crippen molar-refractivity contribution in [1.29, 1.82) is 0 Å². The number of rotatable bonds is 6. The van der Waals surface area contributed by atoms with Gasteiger partial charge in [-0.1, -0.05) is 240 Å². The third-order valence-electron chi connectivity index (χ3n) is 14.3. The quantitative estimate of drug-likeness (QED) is 0.146. The third-order valence-corrected chi connectivity index (χ3v) is 14.8. The molecule has 0 amide bonds. The number of fused-ring (bicyclic) bond motifs is 9. The highest BCUT2D eigenvalue weighted by Gasteiger charge is 2.47. The van der Waals surface area contributed by atoms with Gasteiger partial charge in [-0.25, -0.2) is 0 Å². The van der Waals surface area contributed by atoms with Gasteiger partial charge in [0.2, 0.25) is 0 Å². The van der Waals surface area contributed by atoms with Crippen molar-refractivity contribution in [3.05, 3.63) is 314 Å². The molecule has 2 heteroatoms. The molecule has 0 aromatic heterocycles. The van der Waals surface area contributed by atoms with E-state index >= 15 is 0 Å². The fraction of sp³-hybridized carbons (Fsp3) is 0.0154. The van der Waals surface area contributed by atoms with Crippen LogP contribution < -0.4 is 5.46 Å². The van der Waals surface area contributed by atoms with Gasteiger partial charge >= 0.3 is 0 Å². The average Bonchev–Trinajstić information content (AvgIpc) is 3.99. The number of hydrogen-bond acceptors (Lipinski definition) is 0. The van der Waals surface area contributed by atoms with Crippen LogP contribution in [0, 0.1) is 0 Å². The van der Waals surface area contributed by atoms with Gasteiger partial charge in [0.15, 0.2) is 0 Å². The molecule has 10 aromatic carbocycles. The Hall–Kier alpha value is -7.78. The molecule has 0 atom stereocenters. The molecule has 67 heavy (non-hydrogen) atoms. The third kappa shape index (κ3) is 6.06. The molecule has 0 unspecified atom stereocenters. The largest absolute Gasteiger partial charge is 0.113 e. The van der Waals surface area contributed by atoms with Crippen LogP contribution in [-0.4, -0.2) is 7.85 Å². The highest BCUT2D eigenvalue weighted by molar-refractivity contribution is 9.10. The summed E-state index contributed by atoms with van der Waals surface area (Å²) >= 11 is 3.97. The van der Waals surface area contributed by atoms with Crippen molar-refractivity contribution in [1.82, 2.24) is 0 Å². The van der Waals surface area contributed by atoms with Crippen LogP contribution in [0.2, 0.25) is 0 Å². The van der Waals surface area contributed by atoms with E-state index in [4.69, 9.17) is 7.85 Å². The highest BCUT2D eigenvalue weighted by atomic mass is 79.9. The molecule has 0 aliphatic heterocycles. The van der Waals surface area contributed by atoms with Crippen molar-refractivity contribution in [2.24, 2.45) is 0 Å². The van der Waals surface area contributed by atoms with Gasteiger partial charge in [-0.05, 0) is 147 Å². The molecule has 0 nitrogen and oxygen atoms in total. The average molecular weight is 912 g/mol. The summed E-state index contributed by atoms with van der Waals surface area (Å²) in [6.45, 7) is 0. The predicted molar refractivity (Wildman–Crippen MR) is 284 cm³/mol. The number of benzene rings is 10. The first-order chi connectivity index (χ1) is 33.1. The number of hydrogen-bond donors (Lipinski definition) is 0. The van der Waals surface area contributed by atoms with Crippen molar-refractivity contribution in [3.63, 3.8) is 0 Å². The lowest BCUT2D eigenvalue weighted by atomic mass is 9.66. The lowest BCUT2D eigenvalue weighted by Gasteiger charge is -2.35. The van der Waals surface area contributed by atoms with Crippen LogP contribution in [0.4, 0.5) is 0 Å². The van der Waals surface area contributed by atoms with Gasteiger partial charge in [0.05, 0.1) is 5.41 Å². The Labute approximate surface area is 401 Å². The van der Waals surface area contributed by atoms with Crippen LogP contribution >= 0.6 is 15.9 Å². The minimum Gasteiger partial charge on any atom is -0.0963 e. The van der Waals surface area contributed by atoms with Gasteiger partial charge < -0.3 is 0 Å². The van der Waals surface area contributed by atoms with Crippen LogP contribution in [-0.2, 0) is 5.41 Å². The van der Waals surface area contributed by atoms with E-state index in [-0.39, 0.29) is 0 Å². The van der Waals surface area contributed by atoms with Gasteiger partial charge in [0.1, 0.15) is 7.85 Å². The molecule has 10 aromatic rings. The predicted octanol–water partition coefficient (Wildman–Crippen LogP) is 15.6. The summed E-state index contributed by atoms with van der Waals surface area (Å²) in [5.41, 5.74) is 26.7. The Kier molecular flexibility index (Phi) is 9.27. The standard InChI is InChI=1S/C65H40BBr/c66-47-33-35-53-54-36-34-48(67)40-60(54)65(59(53)39-47,45-23-15-21-43(37-45)61(41-17-3-1-4-18-41)63-55-29-11-7-25-49(55)50-26-8-12-30-56(50)63)46-24-16-22-44(38-46)62(42-19-5-2-6-20-42)64-57-31-13-9-27-51(57)52-28-10-14-32-58(52)64/h1-40H. The lowest BCUT2D eigenvalue weighted by Crippen LogP contribution is -2.30. The van der Waals surface area contributed by atoms with Gasteiger partial charge in [0, 0.05) is 4.47 Å². The molecule has 0 saturated carbocycles. The van der Waals surface area contributed by atoms with E-state index in [0.29, 0.717) is 0 Å². The maximum absolute atomic E-state index is 6.90. The maximum atomic E-state index is 6.90. The number of halogens is 1. The molecule has 0 saturated heterocycles. The minimum atomic E-state index is -0.758. The van der Waals surface area contributed by atoms with E-state index in [0.717, 1.165) is 21.1 Å². The molecule has 0 bridgehead atoms. The summed E-state index contributed by atoms with van der Waals surface area (Å²) in [5.74, 6) is 0. The molecule has 3 aliphatic carbocycles. The van der Waals surface area contributed by atoms with E-state index in [2.05, 4.69) is 253 Å². The molecule has 13 rings (SSSR count). The summed E-state index contributed by atoms with van der Waals surface area (Å²) in [4.78, 5) is 0. The van der Waals surface area contributed by atoms with Crippen molar-refractivity contribution < 1.29 is 0 Å². The van der Waals surface area contributed by atoms with Crippen LogP contribution in [0.25, 0.3) is 55.7 Å². The van der Waals surface area contributed by atoms with E-state index in [9.17, 15) is 0 Å². The Bertz CT molecular complexity index is 3370. The summed E-state index contributed by atoms with van der Waals surface area (Å²) in [7, 11) is 6.90. The zero-order valence-electron chi connectivity index (χ0n) is 36.5. The van der Waals surface area contributed by atoms with Crippen LogP contribution in [0.5, 0.6) is 0 Å². The van der Waals surface area contributed by atoms with Gasteiger partial charge in [-0.2, -0.15) is 0 Å². The fourth-order valence-electron chi connectivity index (χ4n) is 11.6. The van der Waals surface area contributed by atoms with Crippen molar-refractivity contribution in [2.45, 2.75) is 5.41 Å². The summed E-state index contributed by atoms with van der Waals surface area (Å²) < 4.78 is 1.03. The summed E-state index contributed by atoms with van der Waals surface area (Å²) in [6.07, 6.45) is 0. The molecular formula is C65H40BBr. The zero-order valence-corrected chi connectivity index (χ0v) is 38.1.